The molecule has 0 atom stereocenters. The lowest BCUT2D eigenvalue weighted by molar-refractivity contribution is 0.0696. The van der Waals surface area contributed by atoms with Gasteiger partial charge in [0.2, 0.25) is 0 Å². The SMILES string of the molecule is O=C(O)c1ccc(C(=O)N/C=C/c2cccc(F)c2)cc1. The standard InChI is InChI=1S/C16H12FNO3/c17-14-3-1-2-11(10-14)8-9-18-15(19)12-4-6-13(7-5-12)16(20)21/h1-10H,(H,18,19)(H,20,21)/b9-8+. The third kappa shape index (κ3) is 4.01. The second kappa shape index (κ2) is 6.47. The summed E-state index contributed by atoms with van der Waals surface area (Å²) in [5.74, 6) is -1.78. The topological polar surface area (TPSA) is 66.4 Å². The molecule has 2 aromatic rings. The van der Waals surface area contributed by atoms with E-state index in [1.807, 2.05) is 0 Å². The van der Waals surface area contributed by atoms with E-state index in [-0.39, 0.29) is 17.3 Å². The average Bonchev–Trinajstić information content (AvgIpc) is 2.47. The number of hydrogen-bond acceptors (Lipinski definition) is 2. The molecule has 2 aromatic carbocycles. The van der Waals surface area contributed by atoms with Crippen LogP contribution in [0, 0.1) is 5.82 Å². The molecule has 4 nitrogen and oxygen atoms in total. The normalized spacial score (nSPS) is 10.5. The first-order valence-corrected chi connectivity index (χ1v) is 6.12. The Bertz CT molecular complexity index is 693. The van der Waals surface area contributed by atoms with Gasteiger partial charge in [-0.1, -0.05) is 12.1 Å². The predicted molar refractivity (Wildman–Crippen MR) is 76.3 cm³/mol. The van der Waals surface area contributed by atoms with Crippen LogP contribution in [-0.2, 0) is 0 Å². The van der Waals surface area contributed by atoms with E-state index in [1.54, 1.807) is 18.2 Å². The van der Waals surface area contributed by atoms with Crippen LogP contribution in [0.1, 0.15) is 26.3 Å². The summed E-state index contributed by atoms with van der Waals surface area (Å²) in [6.07, 6.45) is 2.97. The van der Waals surface area contributed by atoms with Crippen molar-refractivity contribution in [3.05, 3.63) is 77.2 Å². The first-order valence-electron chi connectivity index (χ1n) is 6.12. The number of carboxylic acids is 1. The van der Waals surface area contributed by atoms with Gasteiger partial charge in [-0.05, 0) is 48.0 Å². The van der Waals surface area contributed by atoms with Gasteiger partial charge in [0.25, 0.3) is 5.91 Å². The van der Waals surface area contributed by atoms with E-state index in [0.717, 1.165) is 0 Å². The van der Waals surface area contributed by atoms with Crippen LogP contribution in [0.15, 0.2) is 54.7 Å². The minimum absolute atomic E-state index is 0.113. The molecule has 1 amide bonds. The molecule has 21 heavy (non-hydrogen) atoms. The Morgan fingerprint density at radius 3 is 2.33 bits per heavy atom. The van der Waals surface area contributed by atoms with Crippen LogP contribution in [0.4, 0.5) is 4.39 Å². The summed E-state index contributed by atoms with van der Waals surface area (Å²) < 4.78 is 13.0. The Labute approximate surface area is 120 Å². The van der Waals surface area contributed by atoms with Crippen molar-refractivity contribution in [3.8, 4) is 0 Å². The quantitative estimate of drug-likeness (QED) is 0.907. The summed E-state index contributed by atoms with van der Waals surface area (Å²) in [5.41, 5.74) is 1.07. The van der Waals surface area contributed by atoms with Gasteiger partial charge in [-0.3, -0.25) is 4.79 Å². The number of aromatic carboxylic acids is 1. The molecule has 106 valence electrons. The number of benzene rings is 2. The molecule has 0 aliphatic heterocycles. The number of carbonyl (C=O) groups is 2. The average molecular weight is 285 g/mol. The molecule has 0 aliphatic carbocycles. The molecule has 5 heteroatoms. The van der Waals surface area contributed by atoms with Crippen molar-refractivity contribution in [1.29, 1.82) is 0 Å². The fraction of sp³-hybridized carbons (Fsp3) is 0. The monoisotopic (exact) mass is 285 g/mol. The maximum absolute atomic E-state index is 13.0. The maximum atomic E-state index is 13.0. The molecule has 0 heterocycles. The van der Waals surface area contributed by atoms with Crippen LogP contribution >= 0.6 is 0 Å². The molecule has 0 bridgehead atoms. The lowest BCUT2D eigenvalue weighted by Gasteiger charge is -2.01. The van der Waals surface area contributed by atoms with Gasteiger partial charge in [0.15, 0.2) is 0 Å². The van der Waals surface area contributed by atoms with Gasteiger partial charge in [-0.2, -0.15) is 0 Å². The van der Waals surface area contributed by atoms with Crippen molar-refractivity contribution in [1.82, 2.24) is 5.32 Å². The fourth-order valence-corrected chi connectivity index (χ4v) is 1.67. The zero-order valence-electron chi connectivity index (χ0n) is 10.9. The van der Waals surface area contributed by atoms with Crippen LogP contribution in [0.2, 0.25) is 0 Å². The lowest BCUT2D eigenvalue weighted by Crippen LogP contribution is -2.16. The molecule has 2 N–H and O–H groups in total. The zero-order valence-corrected chi connectivity index (χ0v) is 10.9. The largest absolute Gasteiger partial charge is 0.478 e. The van der Waals surface area contributed by atoms with Crippen molar-refractivity contribution in [2.24, 2.45) is 0 Å². The summed E-state index contributed by atoms with van der Waals surface area (Å²) in [5, 5.41) is 11.3. The Morgan fingerprint density at radius 1 is 1.05 bits per heavy atom. The summed E-state index contributed by atoms with van der Waals surface area (Å²) in [6.45, 7) is 0. The number of halogens is 1. The second-order valence-electron chi connectivity index (χ2n) is 4.24. The number of carboxylic acid groups (broad SMARTS) is 1. The van der Waals surface area contributed by atoms with Crippen LogP contribution in [0.3, 0.4) is 0 Å². The summed E-state index contributed by atoms with van der Waals surface area (Å²) in [6, 6.07) is 11.5. The zero-order chi connectivity index (χ0) is 15.2. The third-order valence-electron chi connectivity index (χ3n) is 2.73. The third-order valence-corrected chi connectivity index (χ3v) is 2.73. The van der Waals surface area contributed by atoms with Gasteiger partial charge >= 0.3 is 5.97 Å². The maximum Gasteiger partial charge on any atom is 0.335 e. The molecule has 0 aliphatic rings. The lowest BCUT2D eigenvalue weighted by atomic mass is 10.1. The predicted octanol–water partition coefficient (Wildman–Crippen LogP) is 2.92. The van der Waals surface area contributed by atoms with E-state index in [2.05, 4.69) is 5.32 Å². The second-order valence-corrected chi connectivity index (χ2v) is 4.24. The molecule has 2 rings (SSSR count). The highest BCUT2D eigenvalue weighted by molar-refractivity contribution is 5.96. The molecule has 0 saturated heterocycles. The van der Waals surface area contributed by atoms with Gasteiger partial charge in [0.05, 0.1) is 5.56 Å². The number of amides is 1. The van der Waals surface area contributed by atoms with Crippen molar-refractivity contribution in [3.63, 3.8) is 0 Å². The van der Waals surface area contributed by atoms with Gasteiger partial charge in [-0.15, -0.1) is 0 Å². The highest BCUT2D eigenvalue weighted by Crippen LogP contribution is 2.06. The van der Waals surface area contributed by atoms with Crippen molar-refractivity contribution < 1.29 is 19.1 Å². The molecule has 0 aromatic heterocycles. The van der Waals surface area contributed by atoms with Crippen molar-refractivity contribution >= 4 is 18.0 Å². The Morgan fingerprint density at radius 2 is 1.71 bits per heavy atom. The van der Waals surface area contributed by atoms with Gasteiger partial charge < -0.3 is 10.4 Å². The van der Waals surface area contributed by atoms with Gasteiger partial charge in [-0.25, -0.2) is 9.18 Å². The molecule has 0 radical (unpaired) electrons. The van der Waals surface area contributed by atoms with E-state index >= 15 is 0 Å². The van der Waals surface area contributed by atoms with E-state index in [1.165, 1.54) is 42.6 Å². The van der Waals surface area contributed by atoms with E-state index in [4.69, 9.17) is 5.11 Å². The Hall–Kier alpha value is -2.95. The summed E-state index contributed by atoms with van der Waals surface area (Å²) >= 11 is 0. The molecular weight excluding hydrogens is 273 g/mol. The molecule has 0 unspecified atom stereocenters. The minimum Gasteiger partial charge on any atom is -0.478 e. The smallest absolute Gasteiger partial charge is 0.335 e. The summed E-state index contributed by atoms with van der Waals surface area (Å²) in [7, 11) is 0. The summed E-state index contributed by atoms with van der Waals surface area (Å²) in [4.78, 5) is 22.5. The minimum atomic E-state index is -1.05. The Kier molecular flexibility index (Phi) is 4.46. The molecule has 0 fully saturated rings. The number of hydrogen-bond donors (Lipinski definition) is 2. The highest BCUT2D eigenvalue weighted by Gasteiger charge is 2.06. The van der Waals surface area contributed by atoms with E-state index < -0.39 is 5.97 Å². The number of nitrogens with one attached hydrogen (secondary N) is 1. The Balaban J connectivity index is 2.00. The molecule has 0 spiro atoms. The highest BCUT2D eigenvalue weighted by atomic mass is 19.1. The van der Waals surface area contributed by atoms with E-state index in [9.17, 15) is 14.0 Å². The number of rotatable bonds is 4. The van der Waals surface area contributed by atoms with Crippen LogP contribution in [0.25, 0.3) is 6.08 Å². The first kappa shape index (κ1) is 14.5. The van der Waals surface area contributed by atoms with E-state index in [0.29, 0.717) is 11.1 Å². The molecular formula is C16H12FNO3. The molecule has 0 saturated carbocycles. The van der Waals surface area contributed by atoms with Gasteiger partial charge in [0, 0.05) is 11.8 Å². The first-order chi connectivity index (χ1) is 10.1. The van der Waals surface area contributed by atoms with Crippen LogP contribution in [-0.4, -0.2) is 17.0 Å². The van der Waals surface area contributed by atoms with Crippen molar-refractivity contribution in [2.75, 3.05) is 0 Å². The van der Waals surface area contributed by atoms with Gasteiger partial charge in [0.1, 0.15) is 5.82 Å². The van der Waals surface area contributed by atoms with Crippen LogP contribution in [0.5, 0.6) is 0 Å². The van der Waals surface area contributed by atoms with Crippen LogP contribution < -0.4 is 5.32 Å². The van der Waals surface area contributed by atoms with Crippen molar-refractivity contribution in [2.45, 2.75) is 0 Å². The number of carbonyl (C=O) groups excluding carboxylic acids is 1. The fourth-order valence-electron chi connectivity index (χ4n) is 1.67.